The largest absolute Gasteiger partial charge is 0.412 e. The molecule has 0 radical (unpaired) electrons. The zero-order chi connectivity index (χ0) is 29.7. The molecule has 0 amide bonds. The number of nitrogens with one attached hydrogen (secondary N) is 1. The Labute approximate surface area is 239 Å². The van der Waals surface area contributed by atoms with Crippen LogP contribution in [0.1, 0.15) is 37.0 Å². The molecule has 40 heavy (non-hydrogen) atoms. The van der Waals surface area contributed by atoms with Crippen LogP contribution < -0.4 is 5.32 Å². The molecule has 2 aromatic rings. The monoisotopic (exact) mass is 568 g/mol. The quantitative estimate of drug-likeness (QED) is 0.0997. The summed E-state index contributed by atoms with van der Waals surface area (Å²) < 4.78 is 52.3. The molecule has 0 aliphatic heterocycles. The van der Waals surface area contributed by atoms with Crippen LogP contribution in [-0.4, -0.2) is 24.2 Å². The average molecular weight is 569 g/mol. The van der Waals surface area contributed by atoms with E-state index in [4.69, 9.17) is 0 Å². The Hall–Kier alpha value is -3.71. The second-order valence-electron chi connectivity index (χ2n) is 9.15. The third kappa shape index (κ3) is 10.8. The van der Waals surface area contributed by atoms with Gasteiger partial charge in [-0.25, -0.2) is 4.39 Å². The van der Waals surface area contributed by atoms with Crippen LogP contribution in [0.15, 0.2) is 121 Å². The highest BCUT2D eigenvalue weighted by atomic mass is 32.2. The molecule has 0 saturated carbocycles. The highest BCUT2D eigenvalue weighted by Gasteiger charge is 2.29. The molecule has 2 rings (SSSR count). The lowest BCUT2D eigenvalue weighted by Gasteiger charge is -2.26. The van der Waals surface area contributed by atoms with Crippen molar-refractivity contribution in [3.05, 3.63) is 143 Å². The van der Waals surface area contributed by atoms with Gasteiger partial charge in [-0.3, -0.25) is 0 Å². The molecule has 0 aliphatic carbocycles. The predicted molar refractivity (Wildman–Crippen MR) is 164 cm³/mol. The van der Waals surface area contributed by atoms with Gasteiger partial charge in [0.1, 0.15) is 5.82 Å². The molecule has 0 fully saturated rings. The molecule has 0 aliphatic rings. The summed E-state index contributed by atoms with van der Waals surface area (Å²) in [5.74, 6) is -0.305. The van der Waals surface area contributed by atoms with Crippen molar-refractivity contribution in [2.24, 2.45) is 0 Å². The summed E-state index contributed by atoms with van der Waals surface area (Å²) >= 11 is 1.40. The first-order chi connectivity index (χ1) is 18.9. The fraction of sp³-hybridized carbons (Fsp3) is 0.212. The molecule has 0 spiro atoms. The lowest BCUT2D eigenvalue weighted by molar-refractivity contribution is -0.0913. The van der Waals surface area contributed by atoms with Crippen LogP contribution in [0.2, 0.25) is 0 Å². The maximum atomic E-state index is 13.3. The van der Waals surface area contributed by atoms with Crippen molar-refractivity contribution in [1.29, 1.82) is 0 Å². The minimum atomic E-state index is -4.39. The maximum Gasteiger partial charge on any atom is 0.412 e. The lowest BCUT2D eigenvalue weighted by atomic mass is 10.1. The fourth-order valence-corrected chi connectivity index (χ4v) is 4.16. The third-order valence-electron chi connectivity index (χ3n) is 6.02. The van der Waals surface area contributed by atoms with Gasteiger partial charge in [-0.1, -0.05) is 92.2 Å². The van der Waals surface area contributed by atoms with E-state index in [9.17, 15) is 17.6 Å². The van der Waals surface area contributed by atoms with Crippen LogP contribution in [0.5, 0.6) is 0 Å². The second-order valence-corrected chi connectivity index (χ2v) is 10.1. The topological polar surface area (TPSA) is 15.3 Å². The van der Waals surface area contributed by atoms with Crippen molar-refractivity contribution >= 4 is 23.0 Å². The number of benzene rings is 2. The van der Waals surface area contributed by atoms with Crippen LogP contribution in [0.3, 0.4) is 0 Å². The van der Waals surface area contributed by atoms with Crippen LogP contribution in [0.25, 0.3) is 11.3 Å². The first kappa shape index (κ1) is 32.5. The van der Waals surface area contributed by atoms with Gasteiger partial charge in [0.2, 0.25) is 0 Å². The Balaban J connectivity index is 2.27. The predicted octanol–water partition coefficient (Wildman–Crippen LogP) is 9.65. The molecule has 0 atom stereocenters. The van der Waals surface area contributed by atoms with E-state index in [0.717, 1.165) is 53.9 Å². The summed E-state index contributed by atoms with van der Waals surface area (Å²) in [7, 11) is 0. The molecule has 0 unspecified atom stereocenters. The maximum absolute atomic E-state index is 13.3. The standard InChI is InChI=1S/C33H36F4N2S/c1-7-9-20-38-26(5)31-14-12-29(13-15-31)22-39(21-28(8-2)11-10-25(4)33(35,36)37)27(6)40-23-24(3)30-16-18-32(34)19-17-30/h7-8,10-19,23,38H,1-2,5-6,9,20-22H2,3-4H3/b24-23+,25-10+,28-11+. The SMILES string of the molecule is C=CCCNC(=C)c1ccc(CN(C/C(C=C)=C/C=C(\C)C(F)(F)F)C(=C)S/C=C(\C)c2ccc(F)cc2)cc1. The minimum Gasteiger partial charge on any atom is -0.385 e. The van der Waals surface area contributed by atoms with Gasteiger partial charge in [-0.2, -0.15) is 13.2 Å². The van der Waals surface area contributed by atoms with Crippen molar-refractivity contribution in [1.82, 2.24) is 10.2 Å². The van der Waals surface area contributed by atoms with Crippen LogP contribution in [0.4, 0.5) is 17.6 Å². The zero-order valence-electron chi connectivity index (χ0n) is 23.0. The van der Waals surface area contributed by atoms with E-state index in [1.807, 2.05) is 47.6 Å². The van der Waals surface area contributed by atoms with Gasteiger partial charge in [-0.05, 0) is 65.6 Å². The van der Waals surface area contributed by atoms with Gasteiger partial charge >= 0.3 is 6.18 Å². The number of allylic oxidation sites excluding steroid dienone is 4. The molecular weight excluding hydrogens is 532 g/mol. The molecule has 2 nitrogen and oxygen atoms in total. The third-order valence-corrected chi connectivity index (χ3v) is 7.02. The summed E-state index contributed by atoms with van der Waals surface area (Å²) in [5, 5.41) is 5.89. The van der Waals surface area contributed by atoms with E-state index in [1.54, 1.807) is 18.2 Å². The highest BCUT2D eigenvalue weighted by Crippen LogP contribution is 2.28. The number of alkyl halides is 3. The molecular formula is C33H36F4N2S. The van der Waals surface area contributed by atoms with E-state index in [-0.39, 0.29) is 5.82 Å². The van der Waals surface area contributed by atoms with E-state index in [1.165, 1.54) is 30.0 Å². The summed E-state index contributed by atoms with van der Waals surface area (Å²) in [6.45, 7) is 20.3. The molecule has 0 aromatic heterocycles. The molecule has 1 N–H and O–H groups in total. The number of rotatable bonds is 15. The number of hydrogen-bond acceptors (Lipinski definition) is 3. The van der Waals surface area contributed by atoms with Gasteiger partial charge in [0, 0.05) is 30.9 Å². The van der Waals surface area contributed by atoms with Crippen molar-refractivity contribution < 1.29 is 17.6 Å². The van der Waals surface area contributed by atoms with Crippen molar-refractivity contribution in [3.63, 3.8) is 0 Å². The van der Waals surface area contributed by atoms with E-state index >= 15 is 0 Å². The second kappa shape index (κ2) is 15.8. The molecule has 2 aromatic carbocycles. The summed E-state index contributed by atoms with van der Waals surface area (Å²) in [6.07, 6.45) is 2.32. The number of thioether (sulfide) groups is 1. The van der Waals surface area contributed by atoms with Crippen molar-refractivity contribution in [3.8, 4) is 0 Å². The first-order valence-electron chi connectivity index (χ1n) is 12.7. The number of nitrogens with zero attached hydrogens (tertiary/aromatic N) is 1. The van der Waals surface area contributed by atoms with Gasteiger partial charge in [0.05, 0.1) is 5.03 Å². The Morgan fingerprint density at radius 2 is 1.57 bits per heavy atom. The minimum absolute atomic E-state index is 0.304. The normalized spacial score (nSPS) is 12.6. The summed E-state index contributed by atoms with van der Waals surface area (Å²) in [6, 6.07) is 14.2. The van der Waals surface area contributed by atoms with Crippen LogP contribution in [-0.2, 0) is 6.54 Å². The molecule has 0 bridgehead atoms. The smallest absolute Gasteiger partial charge is 0.385 e. The van der Waals surface area contributed by atoms with Crippen LogP contribution in [0, 0.1) is 5.82 Å². The Kier molecular flexibility index (Phi) is 12.8. The van der Waals surface area contributed by atoms with E-state index in [0.29, 0.717) is 23.7 Å². The average Bonchev–Trinajstić information content (AvgIpc) is 2.93. The van der Waals surface area contributed by atoms with Crippen molar-refractivity contribution in [2.75, 3.05) is 13.1 Å². The molecule has 0 saturated heterocycles. The van der Waals surface area contributed by atoms with Gasteiger partial charge in [0.15, 0.2) is 0 Å². The van der Waals surface area contributed by atoms with Gasteiger partial charge in [-0.15, -0.1) is 6.58 Å². The molecule has 212 valence electrons. The van der Waals surface area contributed by atoms with E-state index < -0.39 is 11.7 Å². The Morgan fingerprint density at radius 3 is 2.15 bits per heavy atom. The summed E-state index contributed by atoms with van der Waals surface area (Å²) in [5.41, 5.74) is 4.50. The number of halogens is 4. The Morgan fingerprint density at radius 1 is 0.950 bits per heavy atom. The zero-order valence-corrected chi connectivity index (χ0v) is 23.8. The van der Waals surface area contributed by atoms with Crippen molar-refractivity contribution in [2.45, 2.75) is 33.0 Å². The summed E-state index contributed by atoms with van der Waals surface area (Å²) in [4.78, 5) is 1.98. The Bertz CT molecular complexity index is 1270. The lowest BCUT2D eigenvalue weighted by Crippen LogP contribution is -2.23. The highest BCUT2D eigenvalue weighted by molar-refractivity contribution is 8.05. The van der Waals surface area contributed by atoms with Gasteiger partial charge < -0.3 is 10.2 Å². The molecule has 7 heteroatoms. The fourth-order valence-electron chi connectivity index (χ4n) is 3.44. The molecule has 0 heterocycles. The van der Waals surface area contributed by atoms with Gasteiger partial charge in [0.25, 0.3) is 0 Å². The number of hydrogen-bond donors (Lipinski definition) is 1. The van der Waals surface area contributed by atoms with E-state index in [2.05, 4.69) is 31.6 Å². The first-order valence-corrected chi connectivity index (χ1v) is 13.6. The van der Waals surface area contributed by atoms with Crippen LogP contribution >= 0.6 is 11.8 Å².